The number of hydrogen-bond acceptors (Lipinski definition) is 3. The minimum Gasteiger partial charge on any atom is -0.379 e. The maximum atomic E-state index is 5.32. The number of rotatable bonds is 2. The van der Waals surface area contributed by atoms with E-state index in [2.05, 4.69) is 41.8 Å². The molecule has 0 atom stereocenters. The largest absolute Gasteiger partial charge is 0.379 e. The molecular weight excluding hydrogens is 200 g/mol. The molecule has 0 unspecified atom stereocenters. The molecule has 0 spiro atoms. The lowest BCUT2D eigenvalue weighted by atomic mass is 10.1. The number of aryl methyl sites for hydroxylation is 1. The van der Waals surface area contributed by atoms with Crippen LogP contribution in [0.1, 0.15) is 11.1 Å². The van der Waals surface area contributed by atoms with E-state index in [0.29, 0.717) is 0 Å². The van der Waals surface area contributed by atoms with Crippen molar-refractivity contribution in [1.29, 1.82) is 0 Å². The molecule has 1 heterocycles. The third kappa shape index (κ3) is 4.31. The van der Waals surface area contributed by atoms with E-state index < -0.39 is 0 Å². The van der Waals surface area contributed by atoms with Gasteiger partial charge in [0.05, 0.1) is 13.2 Å². The Labute approximate surface area is 98.2 Å². The van der Waals surface area contributed by atoms with Gasteiger partial charge in [0.1, 0.15) is 0 Å². The smallest absolute Gasteiger partial charge is 0.0594 e. The standard InChI is InChI=1S/C12H17NO.CH5N/c1-11-3-2-4-12(9-11)10-13-5-7-14-8-6-13;1-2/h2-4,9H,5-8,10H2,1H3;2H2,1H3. The second-order valence-corrected chi connectivity index (χ2v) is 3.88. The Balaban J connectivity index is 0.000000606. The van der Waals surface area contributed by atoms with Crippen LogP contribution in [0.5, 0.6) is 0 Å². The summed E-state index contributed by atoms with van der Waals surface area (Å²) in [6, 6.07) is 8.73. The molecule has 3 nitrogen and oxygen atoms in total. The zero-order chi connectivity index (χ0) is 11.8. The summed E-state index contributed by atoms with van der Waals surface area (Å²) < 4.78 is 5.32. The molecule has 1 aromatic rings. The molecule has 1 aliphatic heterocycles. The van der Waals surface area contributed by atoms with Gasteiger partial charge in [-0.25, -0.2) is 0 Å². The average molecular weight is 222 g/mol. The highest BCUT2D eigenvalue weighted by molar-refractivity contribution is 5.22. The van der Waals surface area contributed by atoms with Crippen molar-refractivity contribution in [3.8, 4) is 0 Å². The van der Waals surface area contributed by atoms with Gasteiger partial charge in [-0.05, 0) is 19.5 Å². The Kier molecular flexibility index (Phi) is 6.08. The first-order chi connectivity index (χ1) is 7.84. The van der Waals surface area contributed by atoms with Gasteiger partial charge < -0.3 is 10.5 Å². The molecule has 3 heteroatoms. The summed E-state index contributed by atoms with van der Waals surface area (Å²) in [6.45, 7) is 7.09. The number of ether oxygens (including phenoxy) is 1. The molecule has 1 fully saturated rings. The van der Waals surface area contributed by atoms with Gasteiger partial charge in [-0.15, -0.1) is 0 Å². The van der Waals surface area contributed by atoms with Crippen molar-refractivity contribution in [3.05, 3.63) is 35.4 Å². The minimum absolute atomic E-state index is 0.881. The van der Waals surface area contributed by atoms with Crippen molar-refractivity contribution >= 4 is 0 Å². The van der Waals surface area contributed by atoms with E-state index in [1.165, 1.54) is 18.2 Å². The number of nitrogens with two attached hydrogens (primary N) is 1. The molecule has 0 aliphatic carbocycles. The highest BCUT2D eigenvalue weighted by Gasteiger charge is 2.10. The molecule has 1 aliphatic rings. The molecule has 0 amide bonds. The van der Waals surface area contributed by atoms with E-state index in [0.717, 1.165) is 32.8 Å². The van der Waals surface area contributed by atoms with Crippen molar-refractivity contribution < 1.29 is 4.74 Å². The van der Waals surface area contributed by atoms with Gasteiger partial charge in [0.25, 0.3) is 0 Å². The number of hydrogen-bond donors (Lipinski definition) is 1. The van der Waals surface area contributed by atoms with Gasteiger partial charge in [-0.2, -0.15) is 0 Å². The average Bonchev–Trinajstić information content (AvgIpc) is 2.33. The lowest BCUT2D eigenvalue weighted by Gasteiger charge is -2.26. The van der Waals surface area contributed by atoms with Crippen LogP contribution in [-0.4, -0.2) is 38.3 Å². The molecule has 2 N–H and O–H groups in total. The van der Waals surface area contributed by atoms with E-state index in [4.69, 9.17) is 4.74 Å². The first kappa shape index (κ1) is 13.2. The van der Waals surface area contributed by atoms with E-state index in [1.54, 1.807) is 0 Å². The molecule has 0 bridgehead atoms. The van der Waals surface area contributed by atoms with Crippen molar-refractivity contribution in [2.45, 2.75) is 13.5 Å². The molecule has 0 saturated carbocycles. The highest BCUT2D eigenvalue weighted by atomic mass is 16.5. The third-order valence-electron chi connectivity index (χ3n) is 2.59. The number of nitrogens with zero attached hydrogens (tertiary/aromatic N) is 1. The summed E-state index contributed by atoms with van der Waals surface area (Å²) in [7, 11) is 1.50. The van der Waals surface area contributed by atoms with Crippen LogP contribution in [0.3, 0.4) is 0 Å². The van der Waals surface area contributed by atoms with Crippen LogP contribution in [0.2, 0.25) is 0 Å². The normalized spacial score (nSPS) is 16.4. The predicted molar refractivity (Wildman–Crippen MR) is 67.4 cm³/mol. The Hall–Kier alpha value is -0.900. The Morgan fingerprint density at radius 3 is 2.56 bits per heavy atom. The summed E-state index contributed by atoms with van der Waals surface area (Å²) in [6.07, 6.45) is 0. The summed E-state index contributed by atoms with van der Waals surface area (Å²) in [4.78, 5) is 2.44. The fraction of sp³-hybridized carbons (Fsp3) is 0.538. The molecule has 0 radical (unpaired) electrons. The first-order valence-corrected chi connectivity index (χ1v) is 5.78. The van der Waals surface area contributed by atoms with Gasteiger partial charge >= 0.3 is 0 Å². The van der Waals surface area contributed by atoms with Gasteiger partial charge in [-0.3, -0.25) is 4.90 Å². The minimum atomic E-state index is 0.881. The van der Waals surface area contributed by atoms with Crippen molar-refractivity contribution in [1.82, 2.24) is 4.90 Å². The predicted octanol–water partition coefficient (Wildman–Crippen LogP) is 1.40. The van der Waals surface area contributed by atoms with E-state index in [1.807, 2.05) is 0 Å². The SMILES string of the molecule is CN.Cc1cccc(CN2CCOCC2)c1. The molecule has 1 aromatic carbocycles. The lowest BCUT2D eigenvalue weighted by molar-refractivity contribution is 0.0342. The van der Waals surface area contributed by atoms with Gasteiger partial charge in [-0.1, -0.05) is 29.8 Å². The van der Waals surface area contributed by atoms with Crippen LogP contribution in [0, 0.1) is 6.92 Å². The molecule has 90 valence electrons. The fourth-order valence-corrected chi connectivity index (χ4v) is 1.83. The van der Waals surface area contributed by atoms with Crippen LogP contribution in [-0.2, 0) is 11.3 Å². The molecule has 2 rings (SSSR count). The second-order valence-electron chi connectivity index (χ2n) is 3.88. The Morgan fingerprint density at radius 1 is 1.25 bits per heavy atom. The van der Waals surface area contributed by atoms with Gasteiger partial charge in [0.2, 0.25) is 0 Å². The number of benzene rings is 1. The summed E-state index contributed by atoms with van der Waals surface area (Å²) in [5.74, 6) is 0. The molecule has 1 saturated heterocycles. The lowest BCUT2D eigenvalue weighted by Crippen LogP contribution is -2.35. The highest BCUT2D eigenvalue weighted by Crippen LogP contribution is 2.08. The monoisotopic (exact) mass is 222 g/mol. The van der Waals surface area contributed by atoms with Gasteiger partial charge in [0, 0.05) is 19.6 Å². The van der Waals surface area contributed by atoms with Crippen LogP contribution in [0.15, 0.2) is 24.3 Å². The maximum Gasteiger partial charge on any atom is 0.0594 e. The Morgan fingerprint density at radius 2 is 1.94 bits per heavy atom. The van der Waals surface area contributed by atoms with E-state index in [9.17, 15) is 0 Å². The zero-order valence-corrected chi connectivity index (χ0v) is 10.3. The Bertz CT molecular complexity index is 296. The first-order valence-electron chi connectivity index (χ1n) is 5.78. The molecule has 16 heavy (non-hydrogen) atoms. The summed E-state index contributed by atoms with van der Waals surface area (Å²) in [5, 5.41) is 0. The van der Waals surface area contributed by atoms with E-state index >= 15 is 0 Å². The van der Waals surface area contributed by atoms with Crippen molar-refractivity contribution in [2.75, 3.05) is 33.4 Å². The van der Waals surface area contributed by atoms with Crippen molar-refractivity contribution in [2.24, 2.45) is 5.73 Å². The third-order valence-corrected chi connectivity index (χ3v) is 2.59. The van der Waals surface area contributed by atoms with Crippen LogP contribution < -0.4 is 5.73 Å². The fourth-order valence-electron chi connectivity index (χ4n) is 1.83. The van der Waals surface area contributed by atoms with Crippen molar-refractivity contribution in [3.63, 3.8) is 0 Å². The summed E-state index contributed by atoms with van der Waals surface area (Å²) >= 11 is 0. The van der Waals surface area contributed by atoms with Gasteiger partial charge in [0.15, 0.2) is 0 Å². The summed E-state index contributed by atoms with van der Waals surface area (Å²) in [5.41, 5.74) is 7.25. The van der Waals surface area contributed by atoms with Crippen LogP contribution in [0.25, 0.3) is 0 Å². The topological polar surface area (TPSA) is 38.5 Å². The second kappa shape index (κ2) is 7.39. The maximum absolute atomic E-state index is 5.32. The van der Waals surface area contributed by atoms with Crippen LogP contribution in [0.4, 0.5) is 0 Å². The quantitative estimate of drug-likeness (QED) is 0.822. The molecule has 0 aromatic heterocycles. The molecular formula is C13H22N2O. The number of morpholine rings is 1. The van der Waals surface area contributed by atoms with Crippen LogP contribution >= 0.6 is 0 Å². The van der Waals surface area contributed by atoms with E-state index in [-0.39, 0.29) is 0 Å². The zero-order valence-electron chi connectivity index (χ0n) is 10.3.